The molecule has 5 nitrogen and oxygen atoms in total. The number of para-hydroxylation sites is 1. The average molecular weight is 270 g/mol. The van der Waals surface area contributed by atoms with Gasteiger partial charge in [-0.25, -0.2) is 4.79 Å². The lowest BCUT2D eigenvalue weighted by molar-refractivity contribution is 0.0596. The normalized spacial score (nSPS) is 9.90. The molecule has 0 unspecified atom stereocenters. The molecule has 0 atom stereocenters. The highest BCUT2D eigenvalue weighted by atomic mass is 16.5. The molecule has 0 spiro atoms. The zero-order valence-corrected chi connectivity index (χ0v) is 11.2. The summed E-state index contributed by atoms with van der Waals surface area (Å²) >= 11 is 0. The van der Waals surface area contributed by atoms with E-state index in [-0.39, 0.29) is 17.0 Å². The number of nitrogens with zero attached hydrogens (tertiary/aromatic N) is 2. The monoisotopic (exact) mass is 270 g/mol. The van der Waals surface area contributed by atoms with Crippen molar-refractivity contribution in [3.63, 3.8) is 0 Å². The Morgan fingerprint density at radius 2 is 1.80 bits per heavy atom. The van der Waals surface area contributed by atoms with E-state index in [4.69, 9.17) is 0 Å². The molecule has 0 N–H and O–H groups in total. The fourth-order valence-electron chi connectivity index (χ4n) is 1.80. The van der Waals surface area contributed by atoms with Gasteiger partial charge >= 0.3 is 5.97 Å². The zero-order valence-electron chi connectivity index (χ0n) is 11.2. The van der Waals surface area contributed by atoms with Crippen LogP contribution >= 0.6 is 0 Å². The van der Waals surface area contributed by atoms with Gasteiger partial charge in [0.15, 0.2) is 0 Å². The zero-order chi connectivity index (χ0) is 14.5. The van der Waals surface area contributed by atoms with E-state index >= 15 is 0 Å². The van der Waals surface area contributed by atoms with E-state index in [0.29, 0.717) is 0 Å². The van der Waals surface area contributed by atoms with E-state index in [9.17, 15) is 9.59 Å². The van der Waals surface area contributed by atoms with Gasteiger partial charge in [0.1, 0.15) is 0 Å². The first-order valence-electron chi connectivity index (χ1n) is 6.00. The molecule has 2 rings (SSSR count). The molecule has 0 aliphatic carbocycles. The molecule has 2 aromatic rings. The van der Waals surface area contributed by atoms with Gasteiger partial charge in [-0.05, 0) is 18.2 Å². The van der Waals surface area contributed by atoms with E-state index in [2.05, 4.69) is 9.72 Å². The molecular weight excluding hydrogens is 256 g/mol. The lowest BCUT2D eigenvalue weighted by atomic mass is 10.1. The molecule has 0 bridgehead atoms. The summed E-state index contributed by atoms with van der Waals surface area (Å²) in [4.78, 5) is 29.5. The highest BCUT2D eigenvalue weighted by Gasteiger charge is 2.21. The predicted molar refractivity (Wildman–Crippen MR) is 74.8 cm³/mol. The lowest BCUT2D eigenvalue weighted by Crippen LogP contribution is -2.28. The van der Waals surface area contributed by atoms with Gasteiger partial charge in [0, 0.05) is 25.1 Å². The van der Waals surface area contributed by atoms with Gasteiger partial charge in [-0.15, -0.1) is 0 Å². The molecule has 5 heteroatoms. The highest BCUT2D eigenvalue weighted by molar-refractivity contribution is 6.11. The second-order valence-corrected chi connectivity index (χ2v) is 4.11. The smallest absolute Gasteiger partial charge is 0.340 e. The molecule has 1 amide bonds. The molecule has 0 fully saturated rings. The van der Waals surface area contributed by atoms with Crippen LogP contribution in [0.1, 0.15) is 20.7 Å². The maximum absolute atomic E-state index is 12.5. The Hall–Kier alpha value is -2.69. The topological polar surface area (TPSA) is 59.5 Å². The van der Waals surface area contributed by atoms with E-state index in [1.807, 2.05) is 30.3 Å². The molecule has 1 aromatic carbocycles. The third-order valence-electron chi connectivity index (χ3n) is 2.90. The number of anilines is 1. The molecular formula is C15H14N2O3. The molecule has 102 valence electrons. The van der Waals surface area contributed by atoms with Crippen molar-refractivity contribution in [2.24, 2.45) is 0 Å². The fourth-order valence-corrected chi connectivity index (χ4v) is 1.80. The Morgan fingerprint density at radius 1 is 1.10 bits per heavy atom. The molecule has 0 aliphatic heterocycles. The van der Waals surface area contributed by atoms with Crippen LogP contribution < -0.4 is 4.90 Å². The van der Waals surface area contributed by atoms with E-state index < -0.39 is 5.97 Å². The number of carbonyl (C=O) groups excluding carboxylic acids is 2. The largest absolute Gasteiger partial charge is 0.465 e. The van der Waals surface area contributed by atoms with Gasteiger partial charge in [-0.2, -0.15) is 0 Å². The van der Waals surface area contributed by atoms with Gasteiger partial charge in [0.2, 0.25) is 0 Å². The minimum atomic E-state index is -0.581. The summed E-state index contributed by atoms with van der Waals surface area (Å²) in [5.74, 6) is -0.873. The summed E-state index contributed by atoms with van der Waals surface area (Å²) in [5, 5.41) is 0. The van der Waals surface area contributed by atoms with Crippen molar-refractivity contribution in [2.45, 2.75) is 0 Å². The van der Waals surface area contributed by atoms with Crippen molar-refractivity contribution in [2.75, 3.05) is 19.1 Å². The van der Waals surface area contributed by atoms with Crippen LogP contribution in [0.25, 0.3) is 0 Å². The minimum absolute atomic E-state index is 0.155. The third-order valence-corrected chi connectivity index (χ3v) is 2.90. The van der Waals surface area contributed by atoms with Crippen molar-refractivity contribution in [3.05, 3.63) is 59.9 Å². The van der Waals surface area contributed by atoms with Gasteiger partial charge < -0.3 is 9.64 Å². The molecule has 0 saturated carbocycles. The fraction of sp³-hybridized carbons (Fsp3) is 0.133. The Balaban J connectivity index is 2.37. The molecule has 0 radical (unpaired) electrons. The van der Waals surface area contributed by atoms with Crippen molar-refractivity contribution in [1.82, 2.24) is 4.98 Å². The predicted octanol–water partition coefficient (Wildman–Crippen LogP) is 2.14. The third kappa shape index (κ3) is 2.66. The van der Waals surface area contributed by atoms with Crippen LogP contribution in [0.15, 0.2) is 48.8 Å². The number of hydrogen-bond donors (Lipinski definition) is 0. The minimum Gasteiger partial charge on any atom is -0.465 e. The van der Waals surface area contributed by atoms with Crippen molar-refractivity contribution < 1.29 is 14.3 Å². The quantitative estimate of drug-likeness (QED) is 0.802. The Bertz CT molecular complexity index is 626. The van der Waals surface area contributed by atoms with E-state index in [1.165, 1.54) is 30.5 Å². The number of esters is 1. The number of methoxy groups -OCH3 is 1. The standard InChI is InChI=1S/C15H14N2O3/c1-17(11-6-4-3-5-7-11)14(18)12-8-9-16-10-13(12)15(19)20-2/h3-10H,1-2H3. The Labute approximate surface area is 116 Å². The molecule has 20 heavy (non-hydrogen) atoms. The maximum atomic E-state index is 12.5. The summed E-state index contributed by atoms with van der Waals surface area (Å²) in [6.45, 7) is 0. The van der Waals surface area contributed by atoms with Crippen LogP contribution in [-0.4, -0.2) is 31.0 Å². The number of carbonyl (C=O) groups is 2. The van der Waals surface area contributed by atoms with E-state index in [1.54, 1.807) is 7.05 Å². The molecule has 0 saturated heterocycles. The number of amides is 1. The van der Waals surface area contributed by atoms with Gasteiger partial charge in [-0.1, -0.05) is 18.2 Å². The SMILES string of the molecule is COC(=O)c1cnccc1C(=O)N(C)c1ccccc1. The first kappa shape index (κ1) is 13.7. The molecule has 1 aromatic heterocycles. The van der Waals surface area contributed by atoms with E-state index in [0.717, 1.165) is 5.69 Å². The van der Waals surface area contributed by atoms with Crippen LogP contribution in [-0.2, 0) is 4.74 Å². The maximum Gasteiger partial charge on any atom is 0.340 e. The van der Waals surface area contributed by atoms with Crippen molar-refractivity contribution in [1.29, 1.82) is 0 Å². The molecule has 1 heterocycles. The number of ether oxygens (including phenoxy) is 1. The van der Waals surface area contributed by atoms with Crippen LogP contribution in [0, 0.1) is 0 Å². The summed E-state index contributed by atoms with van der Waals surface area (Å²) in [6.07, 6.45) is 2.80. The summed E-state index contributed by atoms with van der Waals surface area (Å²) in [6, 6.07) is 10.7. The van der Waals surface area contributed by atoms with Crippen LogP contribution in [0.5, 0.6) is 0 Å². The average Bonchev–Trinajstić information content (AvgIpc) is 2.53. The number of rotatable bonds is 3. The van der Waals surface area contributed by atoms with Crippen LogP contribution in [0.3, 0.4) is 0 Å². The summed E-state index contributed by atoms with van der Waals surface area (Å²) in [7, 11) is 2.92. The Morgan fingerprint density at radius 3 is 2.45 bits per heavy atom. The molecule has 0 aliphatic rings. The number of aromatic nitrogens is 1. The van der Waals surface area contributed by atoms with Gasteiger partial charge in [0.05, 0.1) is 18.2 Å². The number of hydrogen-bond acceptors (Lipinski definition) is 4. The second-order valence-electron chi connectivity index (χ2n) is 4.11. The first-order chi connectivity index (χ1) is 9.65. The number of benzene rings is 1. The van der Waals surface area contributed by atoms with Crippen molar-refractivity contribution >= 4 is 17.6 Å². The second kappa shape index (κ2) is 5.97. The van der Waals surface area contributed by atoms with Crippen LogP contribution in [0.4, 0.5) is 5.69 Å². The van der Waals surface area contributed by atoms with Gasteiger partial charge in [0.25, 0.3) is 5.91 Å². The summed E-state index contributed by atoms with van der Waals surface area (Å²) < 4.78 is 4.66. The van der Waals surface area contributed by atoms with Crippen molar-refractivity contribution in [3.8, 4) is 0 Å². The summed E-state index contributed by atoms with van der Waals surface area (Å²) in [5.41, 5.74) is 1.16. The lowest BCUT2D eigenvalue weighted by Gasteiger charge is -2.18. The Kier molecular flexibility index (Phi) is 4.10. The first-order valence-corrected chi connectivity index (χ1v) is 6.00. The van der Waals surface area contributed by atoms with Crippen LogP contribution in [0.2, 0.25) is 0 Å². The highest BCUT2D eigenvalue weighted by Crippen LogP contribution is 2.17. The van der Waals surface area contributed by atoms with Gasteiger partial charge in [-0.3, -0.25) is 9.78 Å². The number of pyridine rings is 1.